The fraction of sp³-hybridized carbons (Fsp3) is 0.562. The molecule has 1 amide bonds. The number of carbonyl (C=O) groups is 1. The van der Waals surface area contributed by atoms with Crippen LogP contribution in [-0.4, -0.2) is 29.9 Å². The van der Waals surface area contributed by atoms with Gasteiger partial charge in [-0.2, -0.15) is 0 Å². The molecule has 1 heterocycles. The van der Waals surface area contributed by atoms with E-state index in [1.165, 1.54) is 0 Å². The van der Waals surface area contributed by atoms with Crippen LogP contribution in [0, 0.1) is 5.92 Å². The normalized spacial score (nSPS) is 16.2. The summed E-state index contributed by atoms with van der Waals surface area (Å²) in [6.07, 6.45) is 1.97. The van der Waals surface area contributed by atoms with Gasteiger partial charge in [0, 0.05) is 18.5 Å². The standard InChI is InChI=1S/C16H22Cl2N2O/c1-11(2)16(21)20(13-6-8-19-9-7-13)10-12-4-3-5-14(17)15(12)18/h3-5,11,13,19H,6-10H2,1-2H3. The summed E-state index contributed by atoms with van der Waals surface area (Å²) in [5, 5.41) is 4.43. The molecule has 1 aromatic carbocycles. The Bertz CT molecular complexity index is 499. The van der Waals surface area contributed by atoms with E-state index in [1.807, 2.05) is 30.9 Å². The molecule has 1 N–H and O–H groups in total. The van der Waals surface area contributed by atoms with Crippen molar-refractivity contribution in [2.75, 3.05) is 13.1 Å². The molecule has 0 aliphatic carbocycles. The minimum absolute atomic E-state index is 0.0159. The van der Waals surface area contributed by atoms with Crippen LogP contribution in [0.25, 0.3) is 0 Å². The van der Waals surface area contributed by atoms with Gasteiger partial charge < -0.3 is 10.2 Å². The minimum atomic E-state index is -0.0159. The third-order valence-electron chi connectivity index (χ3n) is 3.90. The first kappa shape index (κ1) is 16.6. The highest BCUT2D eigenvalue weighted by molar-refractivity contribution is 6.42. The van der Waals surface area contributed by atoms with Crippen molar-refractivity contribution in [2.24, 2.45) is 5.92 Å². The number of hydrogen-bond acceptors (Lipinski definition) is 2. The monoisotopic (exact) mass is 328 g/mol. The molecule has 2 rings (SSSR count). The maximum absolute atomic E-state index is 12.6. The van der Waals surface area contributed by atoms with Crippen LogP contribution in [0.4, 0.5) is 0 Å². The van der Waals surface area contributed by atoms with Crippen LogP contribution in [0.5, 0.6) is 0 Å². The highest BCUT2D eigenvalue weighted by atomic mass is 35.5. The number of nitrogens with one attached hydrogen (secondary N) is 1. The molecule has 0 radical (unpaired) electrons. The predicted molar refractivity (Wildman–Crippen MR) is 87.7 cm³/mol. The zero-order valence-corrected chi connectivity index (χ0v) is 14.0. The summed E-state index contributed by atoms with van der Waals surface area (Å²) in [5.41, 5.74) is 0.914. The van der Waals surface area contributed by atoms with Crippen molar-refractivity contribution in [3.63, 3.8) is 0 Å². The Morgan fingerprint density at radius 3 is 2.62 bits per heavy atom. The zero-order valence-electron chi connectivity index (χ0n) is 12.5. The van der Waals surface area contributed by atoms with E-state index in [9.17, 15) is 4.79 Å². The number of hydrogen-bond donors (Lipinski definition) is 1. The lowest BCUT2D eigenvalue weighted by Crippen LogP contribution is -2.47. The highest BCUT2D eigenvalue weighted by Crippen LogP contribution is 2.28. The fourth-order valence-corrected chi connectivity index (χ4v) is 3.07. The van der Waals surface area contributed by atoms with Crippen molar-refractivity contribution >= 4 is 29.1 Å². The van der Waals surface area contributed by atoms with Gasteiger partial charge in [-0.3, -0.25) is 4.79 Å². The molecular formula is C16H22Cl2N2O. The minimum Gasteiger partial charge on any atom is -0.335 e. The summed E-state index contributed by atoms with van der Waals surface area (Å²) in [4.78, 5) is 14.5. The number of amides is 1. The molecule has 116 valence electrons. The second-order valence-corrected chi connectivity index (χ2v) is 6.60. The van der Waals surface area contributed by atoms with Gasteiger partial charge in [0.1, 0.15) is 0 Å². The van der Waals surface area contributed by atoms with E-state index >= 15 is 0 Å². The summed E-state index contributed by atoms with van der Waals surface area (Å²) in [5.74, 6) is 0.163. The van der Waals surface area contributed by atoms with Crippen molar-refractivity contribution in [2.45, 2.75) is 39.3 Å². The van der Waals surface area contributed by atoms with E-state index in [4.69, 9.17) is 23.2 Å². The Kier molecular flexibility index (Phi) is 5.91. The first-order valence-electron chi connectivity index (χ1n) is 7.44. The average molecular weight is 329 g/mol. The van der Waals surface area contributed by atoms with Gasteiger partial charge in [-0.05, 0) is 37.6 Å². The van der Waals surface area contributed by atoms with E-state index in [0.29, 0.717) is 16.6 Å². The molecular weight excluding hydrogens is 307 g/mol. The van der Waals surface area contributed by atoms with Gasteiger partial charge in [0.25, 0.3) is 0 Å². The Balaban J connectivity index is 2.22. The smallest absolute Gasteiger partial charge is 0.225 e. The van der Waals surface area contributed by atoms with Gasteiger partial charge in [0.2, 0.25) is 5.91 Å². The van der Waals surface area contributed by atoms with Gasteiger partial charge >= 0.3 is 0 Å². The van der Waals surface area contributed by atoms with Crippen molar-refractivity contribution < 1.29 is 4.79 Å². The van der Waals surface area contributed by atoms with E-state index < -0.39 is 0 Å². The van der Waals surface area contributed by atoms with Crippen molar-refractivity contribution in [3.8, 4) is 0 Å². The molecule has 0 atom stereocenters. The van der Waals surface area contributed by atoms with Crippen LogP contribution in [0.1, 0.15) is 32.3 Å². The summed E-state index contributed by atoms with van der Waals surface area (Å²) < 4.78 is 0. The third-order valence-corrected chi connectivity index (χ3v) is 4.76. The number of carbonyl (C=O) groups excluding carboxylic acids is 1. The zero-order chi connectivity index (χ0) is 15.4. The van der Waals surface area contributed by atoms with Gasteiger partial charge in [0.15, 0.2) is 0 Å². The molecule has 5 heteroatoms. The van der Waals surface area contributed by atoms with E-state index in [2.05, 4.69) is 5.32 Å². The van der Waals surface area contributed by atoms with Crippen LogP contribution in [0.3, 0.4) is 0 Å². The second kappa shape index (κ2) is 7.48. The predicted octanol–water partition coefficient (Wildman–Crippen LogP) is 3.73. The molecule has 0 unspecified atom stereocenters. The quantitative estimate of drug-likeness (QED) is 0.913. The first-order chi connectivity index (χ1) is 10.0. The Labute approximate surface area is 136 Å². The molecule has 0 bridgehead atoms. The number of halogens is 2. The molecule has 3 nitrogen and oxygen atoms in total. The van der Waals surface area contributed by atoms with Gasteiger partial charge in [-0.1, -0.05) is 49.2 Å². The average Bonchev–Trinajstić information content (AvgIpc) is 2.49. The van der Waals surface area contributed by atoms with Crippen molar-refractivity contribution in [3.05, 3.63) is 33.8 Å². The number of piperidine rings is 1. The van der Waals surface area contributed by atoms with Crippen LogP contribution >= 0.6 is 23.2 Å². The fourth-order valence-electron chi connectivity index (χ4n) is 2.69. The number of nitrogens with zero attached hydrogens (tertiary/aromatic N) is 1. The van der Waals surface area contributed by atoms with Crippen molar-refractivity contribution in [1.82, 2.24) is 10.2 Å². The molecule has 1 fully saturated rings. The molecule has 1 aliphatic rings. The van der Waals surface area contributed by atoms with Gasteiger partial charge in [0.05, 0.1) is 10.0 Å². The van der Waals surface area contributed by atoms with Crippen LogP contribution < -0.4 is 5.32 Å². The topological polar surface area (TPSA) is 32.3 Å². The summed E-state index contributed by atoms with van der Waals surface area (Å²) in [6, 6.07) is 5.86. The number of rotatable bonds is 4. The molecule has 1 aliphatic heterocycles. The third kappa shape index (κ3) is 4.12. The molecule has 1 saturated heterocycles. The molecule has 1 aromatic rings. The SMILES string of the molecule is CC(C)C(=O)N(Cc1cccc(Cl)c1Cl)C1CCNCC1. The lowest BCUT2D eigenvalue weighted by atomic mass is 10.0. The van der Waals surface area contributed by atoms with E-state index in [0.717, 1.165) is 31.5 Å². The summed E-state index contributed by atoms with van der Waals surface area (Å²) >= 11 is 12.4. The highest BCUT2D eigenvalue weighted by Gasteiger charge is 2.27. The Morgan fingerprint density at radius 1 is 1.33 bits per heavy atom. The van der Waals surface area contributed by atoms with Crippen molar-refractivity contribution in [1.29, 1.82) is 0 Å². The molecule has 0 spiro atoms. The van der Waals surface area contributed by atoms with E-state index in [-0.39, 0.29) is 17.9 Å². The second-order valence-electron chi connectivity index (χ2n) is 5.81. The van der Waals surface area contributed by atoms with E-state index in [1.54, 1.807) is 6.07 Å². The Hall–Kier alpha value is -0.770. The largest absolute Gasteiger partial charge is 0.335 e. The lowest BCUT2D eigenvalue weighted by molar-refractivity contribution is -0.138. The molecule has 21 heavy (non-hydrogen) atoms. The maximum Gasteiger partial charge on any atom is 0.225 e. The van der Waals surface area contributed by atoms with Gasteiger partial charge in [-0.15, -0.1) is 0 Å². The van der Waals surface area contributed by atoms with Crippen LogP contribution in [0.2, 0.25) is 10.0 Å². The van der Waals surface area contributed by atoms with Crippen LogP contribution in [-0.2, 0) is 11.3 Å². The molecule has 0 aromatic heterocycles. The summed E-state index contributed by atoms with van der Waals surface area (Å²) in [6.45, 7) is 6.32. The lowest BCUT2D eigenvalue weighted by Gasteiger charge is -2.36. The van der Waals surface area contributed by atoms with Crippen LogP contribution in [0.15, 0.2) is 18.2 Å². The Morgan fingerprint density at radius 2 is 2.00 bits per heavy atom. The van der Waals surface area contributed by atoms with Gasteiger partial charge in [-0.25, -0.2) is 0 Å². The maximum atomic E-state index is 12.6. The summed E-state index contributed by atoms with van der Waals surface area (Å²) in [7, 11) is 0. The number of benzene rings is 1. The first-order valence-corrected chi connectivity index (χ1v) is 8.20. The molecule has 0 saturated carbocycles.